The van der Waals surface area contributed by atoms with Gasteiger partial charge < -0.3 is 14.4 Å². The molecule has 0 aliphatic carbocycles. The highest BCUT2D eigenvalue weighted by atomic mass is 32.2. The minimum atomic E-state index is -3.52. The number of piperidine rings is 1. The molecule has 27 heavy (non-hydrogen) atoms. The Morgan fingerprint density at radius 3 is 2.52 bits per heavy atom. The first-order valence-corrected chi connectivity index (χ1v) is 11.1. The van der Waals surface area contributed by atoms with Crippen LogP contribution in [0.15, 0.2) is 29.2 Å². The lowest BCUT2D eigenvalue weighted by Crippen LogP contribution is -2.45. The van der Waals surface area contributed by atoms with E-state index in [-0.39, 0.29) is 17.4 Å². The molecule has 1 aromatic carbocycles. The van der Waals surface area contributed by atoms with Crippen LogP contribution in [0.3, 0.4) is 0 Å². The summed E-state index contributed by atoms with van der Waals surface area (Å²) in [6.45, 7) is 4.43. The van der Waals surface area contributed by atoms with Crippen molar-refractivity contribution in [2.24, 2.45) is 0 Å². The van der Waals surface area contributed by atoms with Gasteiger partial charge in [-0.25, -0.2) is 8.42 Å². The predicted molar refractivity (Wildman–Crippen MR) is 101 cm³/mol. The van der Waals surface area contributed by atoms with Gasteiger partial charge in [-0.05, 0) is 49.9 Å². The van der Waals surface area contributed by atoms with Crippen LogP contribution in [0.1, 0.15) is 32.6 Å². The van der Waals surface area contributed by atoms with Gasteiger partial charge in [-0.15, -0.1) is 0 Å². The van der Waals surface area contributed by atoms with E-state index in [1.54, 1.807) is 12.1 Å². The minimum Gasteiger partial charge on any atom is -0.484 e. The number of hydrogen-bond donors (Lipinski definition) is 0. The Morgan fingerprint density at radius 2 is 1.85 bits per heavy atom. The van der Waals surface area contributed by atoms with E-state index in [0.29, 0.717) is 38.1 Å². The number of hydrogen-bond acceptors (Lipinski definition) is 5. The summed E-state index contributed by atoms with van der Waals surface area (Å²) in [5.74, 6) is 0.487. The van der Waals surface area contributed by atoms with E-state index in [9.17, 15) is 13.2 Å². The van der Waals surface area contributed by atoms with Gasteiger partial charge in [-0.2, -0.15) is 4.31 Å². The number of carbonyl (C=O) groups is 1. The summed E-state index contributed by atoms with van der Waals surface area (Å²) >= 11 is 0. The topological polar surface area (TPSA) is 76.2 Å². The smallest absolute Gasteiger partial charge is 0.260 e. The summed E-state index contributed by atoms with van der Waals surface area (Å²) in [5.41, 5.74) is 0. The molecule has 150 valence electrons. The van der Waals surface area contributed by atoms with Gasteiger partial charge in [0, 0.05) is 25.7 Å². The fourth-order valence-electron chi connectivity index (χ4n) is 3.63. The van der Waals surface area contributed by atoms with E-state index in [4.69, 9.17) is 9.47 Å². The molecule has 8 heteroatoms. The van der Waals surface area contributed by atoms with Crippen molar-refractivity contribution in [1.82, 2.24) is 9.21 Å². The van der Waals surface area contributed by atoms with Crippen LogP contribution in [-0.4, -0.2) is 69.0 Å². The molecule has 2 saturated heterocycles. The lowest BCUT2D eigenvalue weighted by atomic mass is 10.00. The summed E-state index contributed by atoms with van der Waals surface area (Å²) in [7, 11) is -3.52. The number of ether oxygens (including phenoxy) is 2. The molecule has 3 rings (SSSR count). The molecule has 0 bridgehead atoms. The van der Waals surface area contributed by atoms with Gasteiger partial charge in [0.1, 0.15) is 5.75 Å². The minimum absolute atomic E-state index is 0.00781. The maximum atomic E-state index is 12.6. The molecule has 2 aliphatic heterocycles. The molecule has 1 aromatic rings. The van der Waals surface area contributed by atoms with Gasteiger partial charge in [0.05, 0.1) is 18.1 Å². The van der Waals surface area contributed by atoms with E-state index in [0.717, 1.165) is 25.8 Å². The standard InChI is InChI=1S/C19H28N2O5S/c1-2-16-5-3-4-10-21(16)19(22)15-26-17-6-8-18(9-7-17)27(23,24)20-11-13-25-14-12-20/h6-9,16H,2-5,10-15H2,1H3/t16-/m0/s1. The maximum absolute atomic E-state index is 12.6. The largest absolute Gasteiger partial charge is 0.484 e. The summed E-state index contributed by atoms with van der Waals surface area (Å²) in [6.07, 6.45) is 4.22. The number of rotatable bonds is 6. The third-order valence-corrected chi connectivity index (χ3v) is 7.13. The number of sulfonamides is 1. The molecule has 1 atom stereocenters. The Kier molecular flexibility index (Phi) is 6.73. The van der Waals surface area contributed by atoms with E-state index >= 15 is 0 Å². The third-order valence-electron chi connectivity index (χ3n) is 5.21. The van der Waals surface area contributed by atoms with Crippen molar-refractivity contribution in [2.45, 2.75) is 43.5 Å². The Labute approximate surface area is 161 Å². The number of amides is 1. The summed E-state index contributed by atoms with van der Waals surface area (Å²) < 4.78 is 37.5. The quantitative estimate of drug-likeness (QED) is 0.734. The molecule has 0 spiro atoms. The second-order valence-corrected chi connectivity index (χ2v) is 8.86. The van der Waals surface area contributed by atoms with Gasteiger partial charge in [-0.3, -0.25) is 4.79 Å². The molecule has 2 heterocycles. The Morgan fingerprint density at radius 1 is 1.15 bits per heavy atom. The number of nitrogens with zero attached hydrogens (tertiary/aromatic N) is 2. The first-order valence-electron chi connectivity index (χ1n) is 9.62. The van der Waals surface area contributed by atoms with Crippen LogP contribution in [0, 0.1) is 0 Å². The Bertz CT molecular complexity index is 729. The molecule has 2 fully saturated rings. The predicted octanol–water partition coefficient (Wildman–Crippen LogP) is 1.88. The highest BCUT2D eigenvalue weighted by molar-refractivity contribution is 7.89. The summed E-state index contributed by atoms with van der Waals surface area (Å²) in [4.78, 5) is 14.6. The van der Waals surface area contributed by atoms with Gasteiger partial charge >= 0.3 is 0 Å². The zero-order valence-electron chi connectivity index (χ0n) is 15.8. The van der Waals surface area contributed by atoms with Crippen LogP contribution in [-0.2, 0) is 19.6 Å². The summed E-state index contributed by atoms with van der Waals surface area (Å²) in [5, 5.41) is 0. The Hall–Kier alpha value is -1.64. The molecule has 1 amide bonds. The number of morpholine rings is 1. The summed E-state index contributed by atoms with van der Waals surface area (Å²) in [6, 6.07) is 6.57. The molecular weight excluding hydrogens is 368 g/mol. The molecule has 0 radical (unpaired) electrons. The molecular formula is C19H28N2O5S. The first kappa shape index (κ1) is 20.1. The van der Waals surface area contributed by atoms with Crippen LogP contribution in [0.4, 0.5) is 0 Å². The van der Waals surface area contributed by atoms with Crippen LogP contribution >= 0.6 is 0 Å². The zero-order valence-corrected chi connectivity index (χ0v) is 16.6. The van der Waals surface area contributed by atoms with Crippen molar-refractivity contribution in [3.05, 3.63) is 24.3 Å². The van der Waals surface area contributed by atoms with E-state index in [2.05, 4.69) is 6.92 Å². The van der Waals surface area contributed by atoms with Crippen molar-refractivity contribution in [3.63, 3.8) is 0 Å². The highest BCUT2D eigenvalue weighted by Crippen LogP contribution is 2.22. The zero-order chi connectivity index (χ0) is 19.3. The van der Waals surface area contributed by atoms with Crippen molar-refractivity contribution in [3.8, 4) is 5.75 Å². The van der Waals surface area contributed by atoms with Crippen molar-refractivity contribution >= 4 is 15.9 Å². The van der Waals surface area contributed by atoms with Crippen molar-refractivity contribution in [1.29, 1.82) is 0 Å². The van der Waals surface area contributed by atoms with E-state index in [1.807, 2.05) is 4.90 Å². The maximum Gasteiger partial charge on any atom is 0.260 e. The second-order valence-electron chi connectivity index (χ2n) is 6.92. The van der Waals surface area contributed by atoms with Gasteiger partial charge in [-0.1, -0.05) is 6.92 Å². The molecule has 7 nitrogen and oxygen atoms in total. The van der Waals surface area contributed by atoms with Crippen LogP contribution in [0.25, 0.3) is 0 Å². The molecule has 2 aliphatic rings. The van der Waals surface area contributed by atoms with Gasteiger partial charge in [0.25, 0.3) is 5.91 Å². The monoisotopic (exact) mass is 396 g/mol. The second kappa shape index (κ2) is 9.03. The Balaban J connectivity index is 1.58. The van der Waals surface area contributed by atoms with Gasteiger partial charge in [0.2, 0.25) is 10.0 Å². The first-order chi connectivity index (χ1) is 13.0. The number of likely N-dealkylation sites (tertiary alicyclic amines) is 1. The lowest BCUT2D eigenvalue weighted by molar-refractivity contribution is -0.137. The van der Waals surface area contributed by atoms with Gasteiger partial charge in [0.15, 0.2) is 6.61 Å². The van der Waals surface area contributed by atoms with Crippen LogP contribution in [0.5, 0.6) is 5.75 Å². The average molecular weight is 397 g/mol. The molecule has 0 N–H and O–H groups in total. The number of carbonyl (C=O) groups excluding carboxylic acids is 1. The van der Waals surface area contributed by atoms with E-state index < -0.39 is 10.0 Å². The highest BCUT2D eigenvalue weighted by Gasteiger charge is 2.27. The fraction of sp³-hybridized carbons (Fsp3) is 0.632. The van der Waals surface area contributed by atoms with Crippen molar-refractivity contribution < 1.29 is 22.7 Å². The molecule has 0 saturated carbocycles. The average Bonchev–Trinajstić information content (AvgIpc) is 2.73. The SMILES string of the molecule is CC[C@H]1CCCCN1C(=O)COc1ccc(S(=O)(=O)N2CCOCC2)cc1. The normalized spacial score (nSPS) is 21.8. The van der Waals surface area contributed by atoms with Crippen LogP contribution in [0.2, 0.25) is 0 Å². The van der Waals surface area contributed by atoms with Crippen LogP contribution < -0.4 is 4.74 Å². The molecule has 0 aromatic heterocycles. The van der Waals surface area contributed by atoms with E-state index in [1.165, 1.54) is 22.9 Å². The molecule has 0 unspecified atom stereocenters. The third kappa shape index (κ3) is 4.80. The van der Waals surface area contributed by atoms with Crippen molar-refractivity contribution in [2.75, 3.05) is 39.5 Å². The lowest BCUT2D eigenvalue weighted by Gasteiger charge is -2.35. The fourth-order valence-corrected chi connectivity index (χ4v) is 5.03. The number of benzene rings is 1.